The number of hydrogen-bond acceptors (Lipinski definition) is 3. The fourth-order valence-electron chi connectivity index (χ4n) is 1.38. The fourth-order valence-corrected chi connectivity index (χ4v) is 1.38. The number of pyridine rings is 1. The Morgan fingerprint density at radius 2 is 1.79 bits per heavy atom. The highest BCUT2D eigenvalue weighted by atomic mass is 16.4. The van der Waals surface area contributed by atoms with Gasteiger partial charge in [-0.05, 0) is 46.8 Å². The number of aliphatic carboxylic acids is 1. The quantitative estimate of drug-likeness (QED) is 0.871. The third-order valence-corrected chi connectivity index (χ3v) is 3.70. The molecule has 104 valence electrons. The molecule has 0 fully saturated rings. The first-order valence-electron chi connectivity index (χ1n) is 6.06. The Labute approximate surface area is 113 Å². The lowest BCUT2D eigenvalue weighted by molar-refractivity contribution is -0.150. The Hall–Kier alpha value is -1.91. The van der Waals surface area contributed by atoms with E-state index < -0.39 is 16.9 Å². The van der Waals surface area contributed by atoms with Crippen molar-refractivity contribution in [3.63, 3.8) is 0 Å². The Kier molecular flexibility index (Phi) is 3.98. The minimum absolute atomic E-state index is 0.327. The van der Waals surface area contributed by atoms with Gasteiger partial charge in [-0.25, -0.2) is 0 Å². The topological polar surface area (TPSA) is 79.3 Å². The van der Waals surface area contributed by atoms with Crippen LogP contribution in [-0.4, -0.2) is 27.5 Å². The summed E-state index contributed by atoms with van der Waals surface area (Å²) in [5.41, 5.74) is -0.733. The summed E-state index contributed by atoms with van der Waals surface area (Å²) in [6, 6.07) is 3.41. The van der Waals surface area contributed by atoms with Crippen LogP contribution in [0.15, 0.2) is 18.3 Å². The molecule has 1 aromatic heterocycles. The van der Waals surface area contributed by atoms with E-state index in [0.29, 0.717) is 5.56 Å². The van der Waals surface area contributed by atoms with Crippen molar-refractivity contribution in [1.82, 2.24) is 10.3 Å². The number of amides is 1. The van der Waals surface area contributed by atoms with E-state index in [2.05, 4.69) is 10.3 Å². The van der Waals surface area contributed by atoms with Gasteiger partial charge in [0.25, 0.3) is 5.91 Å². The van der Waals surface area contributed by atoms with E-state index in [9.17, 15) is 14.7 Å². The number of hydrogen-bond donors (Lipinski definition) is 2. The average Bonchev–Trinajstić information content (AvgIpc) is 2.28. The van der Waals surface area contributed by atoms with Crippen LogP contribution in [0.4, 0.5) is 0 Å². The molecule has 19 heavy (non-hydrogen) atoms. The number of nitrogens with one attached hydrogen (secondary N) is 1. The van der Waals surface area contributed by atoms with Crippen LogP contribution in [0.2, 0.25) is 0 Å². The maximum atomic E-state index is 12.1. The molecule has 0 saturated heterocycles. The van der Waals surface area contributed by atoms with E-state index in [1.807, 2.05) is 6.92 Å². The van der Waals surface area contributed by atoms with Crippen molar-refractivity contribution < 1.29 is 14.7 Å². The highest BCUT2D eigenvalue weighted by Crippen LogP contribution is 2.30. The number of carbonyl (C=O) groups excluding carboxylic acids is 1. The van der Waals surface area contributed by atoms with Crippen LogP contribution >= 0.6 is 0 Å². The third kappa shape index (κ3) is 3.10. The standard InChI is InChI=1S/C14H20N2O3/c1-9-6-7-10(8-15-9)11(17)16-14(4,5)13(2,3)12(18)19/h6-8H,1-5H3,(H,16,17)(H,18,19). The van der Waals surface area contributed by atoms with Gasteiger partial charge in [0.1, 0.15) is 0 Å². The monoisotopic (exact) mass is 264 g/mol. The molecule has 1 aromatic rings. The van der Waals surface area contributed by atoms with Gasteiger partial charge in [0, 0.05) is 11.9 Å². The minimum Gasteiger partial charge on any atom is -0.481 e. The van der Waals surface area contributed by atoms with Crippen molar-refractivity contribution in [1.29, 1.82) is 0 Å². The molecule has 0 aliphatic rings. The normalized spacial score (nSPS) is 12.1. The molecule has 0 aromatic carbocycles. The summed E-state index contributed by atoms with van der Waals surface area (Å²) in [5.74, 6) is -1.29. The Morgan fingerprint density at radius 3 is 2.21 bits per heavy atom. The van der Waals surface area contributed by atoms with E-state index in [-0.39, 0.29) is 5.91 Å². The summed E-state index contributed by atoms with van der Waals surface area (Å²) in [7, 11) is 0. The lowest BCUT2D eigenvalue weighted by atomic mass is 9.74. The molecular formula is C14H20N2O3. The van der Waals surface area contributed by atoms with E-state index in [4.69, 9.17) is 0 Å². The first-order valence-corrected chi connectivity index (χ1v) is 6.06. The van der Waals surface area contributed by atoms with Crippen molar-refractivity contribution >= 4 is 11.9 Å². The van der Waals surface area contributed by atoms with E-state index in [0.717, 1.165) is 5.69 Å². The van der Waals surface area contributed by atoms with Crippen LogP contribution in [0.5, 0.6) is 0 Å². The third-order valence-electron chi connectivity index (χ3n) is 3.70. The molecule has 1 heterocycles. The summed E-state index contributed by atoms with van der Waals surface area (Å²) in [6.45, 7) is 8.40. The molecular weight excluding hydrogens is 244 g/mol. The molecule has 0 saturated carbocycles. The fraction of sp³-hybridized carbons (Fsp3) is 0.500. The summed E-state index contributed by atoms with van der Waals surface area (Å²) in [6.07, 6.45) is 1.48. The Balaban J connectivity index is 2.92. The Morgan fingerprint density at radius 1 is 1.21 bits per heavy atom. The maximum Gasteiger partial charge on any atom is 0.311 e. The first-order chi connectivity index (χ1) is 8.58. The molecule has 0 bridgehead atoms. The van der Waals surface area contributed by atoms with Gasteiger partial charge < -0.3 is 10.4 Å². The summed E-state index contributed by atoms with van der Waals surface area (Å²) in [5, 5.41) is 12.0. The molecule has 0 aliphatic carbocycles. The van der Waals surface area contributed by atoms with Gasteiger partial charge in [0.2, 0.25) is 0 Å². The number of nitrogens with zero attached hydrogens (tertiary/aromatic N) is 1. The van der Waals surface area contributed by atoms with Crippen LogP contribution in [0.1, 0.15) is 43.7 Å². The second kappa shape index (κ2) is 4.99. The van der Waals surface area contributed by atoms with Crippen LogP contribution in [0.25, 0.3) is 0 Å². The molecule has 1 rings (SSSR count). The van der Waals surface area contributed by atoms with Crippen molar-refractivity contribution in [2.45, 2.75) is 40.2 Å². The molecule has 0 spiro atoms. The number of aromatic nitrogens is 1. The van der Waals surface area contributed by atoms with Crippen LogP contribution in [-0.2, 0) is 4.79 Å². The molecule has 0 atom stereocenters. The van der Waals surface area contributed by atoms with Gasteiger partial charge in [0.05, 0.1) is 16.5 Å². The molecule has 0 radical (unpaired) electrons. The van der Waals surface area contributed by atoms with Crippen molar-refractivity contribution in [2.75, 3.05) is 0 Å². The predicted molar refractivity (Wildman–Crippen MR) is 71.9 cm³/mol. The second-order valence-corrected chi connectivity index (χ2v) is 5.70. The van der Waals surface area contributed by atoms with Gasteiger partial charge in [-0.2, -0.15) is 0 Å². The smallest absolute Gasteiger partial charge is 0.311 e. The zero-order chi connectivity index (χ0) is 14.8. The lowest BCUT2D eigenvalue weighted by Gasteiger charge is -2.38. The number of aryl methyl sites for hydroxylation is 1. The maximum absolute atomic E-state index is 12.1. The number of carbonyl (C=O) groups is 2. The molecule has 0 aliphatic heterocycles. The molecule has 1 amide bonds. The van der Waals surface area contributed by atoms with Crippen LogP contribution in [0.3, 0.4) is 0 Å². The van der Waals surface area contributed by atoms with E-state index >= 15 is 0 Å². The predicted octanol–water partition coefficient (Wildman–Crippen LogP) is 2.01. The van der Waals surface area contributed by atoms with Gasteiger partial charge in [-0.1, -0.05) is 0 Å². The Bertz CT molecular complexity index is 490. The van der Waals surface area contributed by atoms with Crippen molar-refractivity contribution in [3.05, 3.63) is 29.6 Å². The number of carboxylic acids is 1. The first kappa shape index (κ1) is 15.1. The lowest BCUT2D eigenvalue weighted by Crippen LogP contribution is -2.56. The minimum atomic E-state index is -1.08. The van der Waals surface area contributed by atoms with Gasteiger partial charge in [0.15, 0.2) is 0 Å². The molecule has 5 nitrogen and oxygen atoms in total. The zero-order valence-corrected chi connectivity index (χ0v) is 11.9. The largest absolute Gasteiger partial charge is 0.481 e. The highest BCUT2D eigenvalue weighted by Gasteiger charge is 2.44. The van der Waals surface area contributed by atoms with Gasteiger partial charge in [-0.3, -0.25) is 14.6 Å². The SMILES string of the molecule is Cc1ccc(C(=O)NC(C)(C)C(C)(C)C(=O)O)cn1. The summed E-state index contributed by atoms with van der Waals surface area (Å²) in [4.78, 5) is 27.4. The second-order valence-electron chi connectivity index (χ2n) is 5.70. The number of rotatable bonds is 4. The zero-order valence-electron chi connectivity index (χ0n) is 11.9. The van der Waals surface area contributed by atoms with E-state index in [1.165, 1.54) is 6.20 Å². The van der Waals surface area contributed by atoms with E-state index in [1.54, 1.807) is 39.8 Å². The van der Waals surface area contributed by atoms with Crippen LogP contribution in [0, 0.1) is 12.3 Å². The molecule has 0 unspecified atom stereocenters. The summed E-state index contributed by atoms with van der Waals surface area (Å²) < 4.78 is 0. The molecule has 5 heteroatoms. The molecule has 2 N–H and O–H groups in total. The average molecular weight is 264 g/mol. The van der Waals surface area contributed by atoms with Gasteiger partial charge in [-0.15, -0.1) is 0 Å². The number of carboxylic acid groups (broad SMARTS) is 1. The van der Waals surface area contributed by atoms with Crippen LogP contribution < -0.4 is 5.32 Å². The summed E-state index contributed by atoms with van der Waals surface area (Å²) >= 11 is 0. The van der Waals surface area contributed by atoms with Gasteiger partial charge >= 0.3 is 5.97 Å². The highest BCUT2D eigenvalue weighted by molar-refractivity contribution is 5.95. The van der Waals surface area contributed by atoms with Crippen molar-refractivity contribution in [3.8, 4) is 0 Å². The van der Waals surface area contributed by atoms with Crippen molar-refractivity contribution in [2.24, 2.45) is 5.41 Å².